The number of aromatic nitrogens is 3. The van der Waals surface area contributed by atoms with Crippen LogP contribution >= 0.6 is 11.8 Å². The quantitative estimate of drug-likeness (QED) is 0.392. The Morgan fingerprint density at radius 2 is 1.70 bits per heavy atom. The summed E-state index contributed by atoms with van der Waals surface area (Å²) in [5, 5.41) is 12.6. The topological polar surface area (TPSA) is 109 Å². The first-order valence-electron chi connectivity index (χ1n) is 10.6. The monoisotopic (exact) mass is 464 g/mol. The summed E-state index contributed by atoms with van der Waals surface area (Å²) in [6.45, 7) is 4.42. The molecule has 0 bridgehead atoms. The highest BCUT2D eigenvalue weighted by Gasteiger charge is 2.52. The maximum absolute atomic E-state index is 13.1. The molecule has 2 aromatic carbocycles. The van der Waals surface area contributed by atoms with Gasteiger partial charge in [0.05, 0.1) is 5.75 Å². The summed E-state index contributed by atoms with van der Waals surface area (Å²) in [5.41, 5.74) is 2.83. The lowest BCUT2D eigenvalue weighted by Gasteiger charge is -2.25. The van der Waals surface area contributed by atoms with Crippen LogP contribution in [-0.4, -0.2) is 43.4 Å². The lowest BCUT2D eigenvalue weighted by Crippen LogP contribution is -2.49. The second-order valence-electron chi connectivity index (χ2n) is 7.44. The number of hydrogen-bond donors (Lipinski definition) is 2. The minimum atomic E-state index is -1.20. The molecule has 1 aromatic heterocycles. The fraction of sp³-hybridized carbons (Fsp3) is 0.261. The van der Waals surface area contributed by atoms with Crippen LogP contribution in [0, 0.1) is 0 Å². The lowest BCUT2D eigenvalue weighted by molar-refractivity contribution is -0.138. The fourth-order valence-electron chi connectivity index (χ4n) is 3.81. The third-order valence-corrected chi connectivity index (χ3v) is 6.49. The van der Waals surface area contributed by atoms with Gasteiger partial charge in [-0.15, -0.1) is 10.2 Å². The zero-order chi connectivity index (χ0) is 23.4. The van der Waals surface area contributed by atoms with Crippen LogP contribution in [0.5, 0.6) is 0 Å². The van der Waals surface area contributed by atoms with Crippen LogP contribution in [0.25, 0.3) is 11.4 Å². The number of carbonyl (C=O) groups excluding carboxylic acids is 3. The third kappa shape index (κ3) is 4.21. The van der Waals surface area contributed by atoms with Gasteiger partial charge in [0.1, 0.15) is 5.54 Å². The molecule has 1 saturated heterocycles. The Kier molecular flexibility index (Phi) is 6.45. The van der Waals surface area contributed by atoms with Crippen molar-refractivity contribution < 1.29 is 14.4 Å². The van der Waals surface area contributed by atoms with Crippen LogP contribution in [0.3, 0.4) is 0 Å². The number of nitrogens with zero attached hydrogens (tertiary/aromatic N) is 4. The van der Waals surface area contributed by atoms with E-state index in [1.54, 1.807) is 24.3 Å². The standard InChI is InChI=1S/C23H24N6O3S/c1-3-23(17-13-9-6-10-14-17)20(31)29(21(32)24-23)27-18(30)15-33-22-26-25-19(28(22)4-2)16-11-7-5-8-12-16/h5-14H,3-4,15H2,1-2H3,(H,24,32)(H,27,30). The van der Waals surface area contributed by atoms with E-state index in [0.717, 1.165) is 10.6 Å². The minimum absolute atomic E-state index is 0.0333. The molecule has 2 heterocycles. The Balaban J connectivity index is 1.44. The largest absolute Gasteiger partial charge is 0.344 e. The van der Waals surface area contributed by atoms with Gasteiger partial charge in [-0.05, 0) is 18.9 Å². The van der Waals surface area contributed by atoms with E-state index in [1.807, 2.05) is 54.8 Å². The zero-order valence-electron chi connectivity index (χ0n) is 18.3. The molecule has 170 valence electrons. The maximum Gasteiger partial charge on any atom is 0.344 e. The van der Waals surface area contributed by atoms with E-state index in [2.05, 4.69) is 20.9 Å². The van der Waals surface area contributed by atoms with Gasteiger partial charge in [-0.3, -0.25) is 15.0 Å². The number of imide groups is 1. The average molecular weight is 465 g/mol. The molecule has 0 spiro atoms. The molecule has 1 aliphatic heterocycles. The molecular formula is C23H24N6O3S. The van der Waals surface area contributed by atoms with E-state index in [4.69, 9.17) is 0 Å². The first-order valence-corrected chi connectivity index (χ1v) is 11.6. The number of hydrazine groups is 1. The summed E-state index contributed by atoms with van der Waals surface area (Å²) in [5.74, 6) is -0.322. The molecule has 4 rings (SSSR count). The first-order chi connectivity index (χ1) is 16.0. The molecule has 1 aliphatic rings. The molecule has 1 unspecified atom stereocenters. The van der Waals surface area contributed by atoms with Gasteiger partial charge in [-0.25, -0.2) is 4.79 Å². The van der Waals surface area contributed by atoms with Crippen LogP contribution in [0.15, 0.2) is 65.8 Å². The highest BCUT2D eigenvalue weighted by atomic mass is 32.2. The molecule has 1 atom stereocenters. The number of urea groups is 1. The molecule has 4 amide bonds. The van der Waals surface area contributed by atoms with Gasteiger partial charge in [0.25, 0.3) is 5.91 Å². The van der Waals surface area contributed by atoms with Crippen molar-refractivity contribution in [2.24, 2.45) is 0 Å². The Morgan fingerprint density at radius 1 is 1.03 bits per heavy atom. The Labute approximate surface area is 195 Å². The number of hydrogen-bond acceptors (Lipinski definition) is 6. The highest BCUT2D eigenvalue weighted by molar-refractivity contribution is 7.99. The van der Waals surface area contributed by atoms with Crippen LogP contribution in [-0.2, 0) is 21.7 Å². The van der Waals surface area contributed by atoms with Crippen molar-refractivity contribution in [3.63, 3.8) is 0 Å². The highest BCUT2D eigenvalue weighted by Crippen LogP contribution is 2.31. The minimum Gasteiger partial charge on any atom is -0.318 e. The van der Waals surface area contributed by atoms with E-state index in [0.29, 0.717) is 29.5 Å². The molecule has 0 aliphatic carbocycles. The van der Waals surface area contributed by atoms with Crippen molar-refractivity contribution in [1.29, 1.82) is 0 Å². The van der Waals surface area contributed by atoms with Gasteiger partial charge >= 0.3 is 6.03 Å². The molecule has 1 fully saturated rings. The zero-order valence-corrected chi connectivity index (χ0v) is 19.1. The van der Waals surface area contributed by atoms with E-state index in [9.17, 15) is 14.4 Å². The first kappa shape index (κ1) is 22.5. The molecule has 0 saturated carbocycles. The molecule has 33 heavy (non-hydrogen) atoms. The summed E-state index contributed by atoms with van der Waals surface area (Å²) in [7, 11) is 0. The Hall–Kier alpha value is -3.66. The van der Waals surface area contributed by atoms with Crippen LogP contribution in [0.4, 0.5) is 4.79 Å². The molecule has 3 aromatic rings. The van der Waals surface area contributed by atoms with Crippen molar-refractivity contribution in [1.82, 2.24) is 30.5 Å². The summed E-state index contributed by atoms with van der Waals surface area (Å²) in [6, 6.07) is 18.0. The van der Waals surface area contributed by atoms with Crippen LogP contribution in [0.1, 0.15) is 25.8 Å². The van der Waals surface area contributed by atoms with Gasteiger partial charge < -0.3 is 9.88 Å². The Bertz CT molecular complexity index is 1170. The van der Waals surface area contributed by atoms with Gasteiger partial charge in [-0.2, -0.15) is 5.01 Å². The second-order valence-corrected chi connectivity index (χ2v) is 8.38. The normalized spacial score (nSPS) is 17.8. The van der Waals surface area contributed by atoms with Crippen molar-refractivity contribution in [3.05, 3.63) is 66.2 Å². The summed E-state index contributed by atoms with van der Waals surface area (Å²) >= 11 is 1.19. The number of thioether (sulfide) groups is 1. The van der Waals surface area contributed by atoms with E-state index < -0.39 is 23.4 Å². The summed E-state index contributed by atoms with van der Waals surface area (Å²) in [4.78, 5) is 38.3. The van der Waals surface area contributed by atoms with Gasteiger partial charge in [-0.1, -0.05) is 79.3 Å². The fourth-order valence-corrected chi connectivity index (χ4v) is 4.60. The number of benzene rings is 2. The van der Waals surface area contributed by atoms with Crippen LogP contribution in [0.2, 0.25) is 0 Å². The van der Waals surface area contributed by atoms with Crippen molar-refractivity contribution >= 4 is 29.6 Å². The van der Waals surface area contributed by atoms with Crippen molar-refractivity contribution in [2.45, 2.75) is 37.5 Å². The lowest BCUT2D eigenvalue weighted by atomic mass is 9.87. The predicted molar refractivity (Wildman–Crippen MR) is 124 cm³/mol. The van der Waals surface area contributed by atoms with Crippen molar-refractivity contribution in [3.8, 4) is 11.4 Å². The van der Waals surface area contributed by atoms with Gasteiger partial charge in [0, 0.05) is 12.1 Å². The second kappa shape index (κ2) is 9.45. The third-order valence-electron chi connectivity index (χ3n) is 5.52. The number of carbonyl (C=O) groups is 3. The summed E-state index contributed by atoms with van der Waals surface area (Å²) in [6.07, 6.45) is 0.352. The number of nitrogens with one attached hydrogen (secondary N) is 2. The maximum atomic E-state index is 13.1. The number of amides is 4. The van der Waals surface area contributed by atoms with Gasteiger partial charge in [0.15, 0.2) is 11.0 Å². The van der Waals surface area contributed by atoms with E-state index in [1.165, 1.54) is 11.8 Å². The smallest absolute Gasteiger partial charge is 0.318 e. The molecular weight excluding hydrogens is 440 g/mol. The Morgan fingerprint density at radius 3 is 2.33 bits per heavy atom. The molecule has 9 nitrogen and oxygen atoms in total. The van der Waals surface area contributed by atoms with E-state index >= 15 is 0 Å². The molecule has 10 heteroatoms. The van der Waals surface area contributed by atoms with E-state index in [-0.39, 0.29) is 5.75 Å². The van der Waals surface area contributed by atoms with Crippen LogP contribution < -0.4 is 10.7 Å². The predicted octanol–water partition coefficient (Wildman–Crippen LogP) is 2.95. The SMILES string of the molecule is CCn1c(SCC(=O)NN2C(=O)NC(CC)(c3ccccc3)C2=O)nnc1-c1ccccc1. The number of rotatable bonds is 8. The molecule has 2 N–H and O–H groups in total. The van der Waals surface area contributed by atoms with Gasteiger partial charge in [0.2, 0.25) is 5.91 Å². The summed E-state index contributed by atoms with van der Waals surface area (Å²) < 4.78 is 1.92. The average Bonchev–Trinajstić information content (AvgIpc) is 3.38. The van der Waals surface area contributed by atoms with Crippen molar-refractivity contribution in [2.75, 3.05) is 5.75 Å². The molecule has 0 radical (unpaired) electrons.